The molecule has 0 aliphatic heterocycles. The first kappa shape index (κ1) is 18.3. The highest BCUT2D eigenvalue weighted by molar-refractivity contribution is 6.31. The summed E-state index contributed by atoms with van der Waals surface area (Å²) < 4.78 is 5.82. The maximum atomic E-state index is 12.4. The first-order valence-corrected chi connectivity index (χ1v) is 8.33. The van der Waals surface area contributed by atoms with Gasteiger partial charge in [-0.15, -0.1) is 0 Å². The van der Waals surface area contributed by atoms with Crippen LogP contribution in [0.3, 0.4) is 0 Å². The van der Waals surface area contributed by atoms with Crippen LogP contribution >= 0.6 is 11.6 Å². The van der Waals surface area contributed by atoms with Gasteiger partial charge in [0.15, 0.2) is 0 Å². The zero-order valence-electron chi connectivity index (χ0n) is 14.1. The summed E-state index contributed by atoms with van der Waals surface area (Å²) in [5, 5.41) is 3.43. The molecule has 0 heterocycles. The lowest BCUT2D eigenvalue weighted by Gasteiger charge is -2.13. The fraction of sp³-hybridized carbons (Fsp3) is 0.316. The minimum Gasteiger partial charge on any atom is -0.488 e. The van der Waals surface area contributed by atoms with Gasteiger partial charge < -0.3 is 15.0 Å². The lowest BCUT2D eigenvalue weighted by atomic mass is 10.1. The Bertz CT molecular complexity index is 660. The van der Waals surface area contributed by atoms with E-state index in [4.69, 9.17) is 16.3 Å². The predicted octanol–water partition coefficient (Wildman–Crippen LogP) is 3.60. The van der Waals surface area contributed by atoms with E-state index in [2.05, 4.69) is 10.2 Å². The largest absolute Gasteiger partial charge is 0.488 e. The number of amides is 1. The number of ether oxygens (including phenoxy) is 1. The summed E-state index contributed by atoms with van der Waals surface area (Å²) >= 11 is 6.04. The Morgan fingerprint density at radius 3 is 2.62 bits per heavy atom. The van der Waals surface area contributed by atoms with Crippen molar-refractivity contribution >= 4 is 17.5 Å². The Labute approximate surface area is 148 Å². The zero-order valence-corrected chi connectivity index (χ0v) is 14.8. The van der Waals surface area contributed by atoms with E-state index < -0.39 is 0 Å². The highest BCUT2D eigenvalue weighted by Crippen LogP contribution is 2.24. The van der Waals surface area contributed by atoms with Crippen molar-refractivity contribution in [2.24, 2.45) is 0 Å². The van der Waals surface area contributed by atoms with Gasteiger partial charge in [0.05, 0.1) is 5.56 Å². The van der Waals surface area contributed by atoms with E-state index >= 15 is 0 Å². The molecule has 2 aromatic carbocycles. The van der Waals surface area contributed by atoms with Crippen LogP contribution < -0.4 is 10.1 Å². The van der Waals surface area contributed by atoms with Crippen molar-refractivity contribution in [1.82, 2.24) is 10.2 Å². The lowest BCUT2D eigenvalue weighted by molar-refractivity contribution is 0.0948. The summed E-state index contributed by atoms with van der Waals surface area (Å²) in [6.07, 6.45) is 0.888. The van der Waals surface area contributed by atoms with Crippen LogP contribution in [0.25, 0.3) is 0 Å². The van der Waals surface area contributed by atoms with Crippen molar-refractivity contribution in [3.8, 4) is 5.75 Å². The van der Waals surface area contributed by atoms with Crippen LogP contribution in [0.15, 0.2) is 48.5 Å². The Hall–Kier alpha value is -2.04. The third-order valence-corrected chi connectivity index (χ3v) is 3.73. The zero-order chi connectivity index (χ0) is 17.4. The molecule has 0 radical (unpaired) electrons. The highest BCUT2D eigenvalue weighted by Gasteiger charge is 2.13. The van der Waals surface area contributed by atoms with E-state index in [0.717, 1.165) is 18.5 Å². The highest BCUT2D eigenvalue weighted by atomic mass is 35.5. The van der Waals surface area contributed by atoms with Crippen LogP contribution in [0.5, 0.6) is 5.75 Å². The maximum absolute atomic E-state index is 12.4. The van der Waals surface area contributed by atoms with E-state index in [-0.39, 0.29) is 5.91 Å². The van der Waals surface area contributed by atoms with Crippen molar-refractivity contribution in [1.29, 1.82) is 0 Å². The molecule has 1 amide bonds. The predicted molar refractivity (Wildman–Crippen MR) is 97.7 cm³/mol. The van der Waals surface area contributed by atoms with Gasteiger partial charge in [-0.2, -0.15) is 0 Å². The van der Waals surface area contributed by atoms with Crippen LogP contribution in [0.4, 0.5) is 0 Å². The van der Waals surface area contributed by atoms with Crippen LogP contribution in [0.1, 0.15) is 22.3 Å². The number of carbonyl (C=O) groups is 1. The van der Waals surface area contributed by atoms with Gasteiger partial charge in [0.2, 0.25) is 0 Å². The third kappa shape index (κ3) is 5.87. The van der Waals surface area contributed by atoms with Crippen molar-refractivity contribution in [3.05, 3.63) is 64.7 Å². The molecule has 0 atom stereocenters. The molecule has 0 unspecified atom stereocenters. The number of nitrogens with zero attached hydrogens (tertiary/aromatic N) is 1. The molecule has 0 bridgehead atoms. The summed E-state index contributed by atoms with van der Waals surface area (Å²) in [5.74, 6) is 0.368. The second-order valence-corrected chi connectivity index (χ2v) is 6.26. The molecule has 0 aliphatic rings. The fourth-order valence-electron chi connectivity index (χ4n) is 2.23. The smallest absolute Gasteiger partial charge is 0.255 e. The molecule has 0 aliphatic carbocycles. The number of halogens is 1. The molecule has 24 heavy (non-hydrogen) atoms. The van der Waals surface area contributed by atoms with Gasteiger partial charge in [0, 0.05) is 11.6 Å². The molecule has 0 spiro atoms. The number of hydrogen-bond acceptors (Lipinski definition) is 3. The molecule has 2 aromatic rings. The van der Waals surface area contributed by atoms with Crippen LogP contribution in [-0.2, 0) is 6.61 Å². The van der Waals surface area contributed by atoms with Crippen LogP contribution in [0, 0.1) is 0 Å². The minimum atomic E-state index is -0.167. The summed E-state index contributed by atoms with van der Waals surface area (Å²) in [6, 6.07) is 14.9. The van der Waals surface area contributed by atoms with Gasteiger partial charge in [-0.3, -0.25) is 4.79 Å². The van der Waals surface area contributed by atoms with Gasteiger partial charge in [0.1, 0.15) is 12.4 Å². The third-order valence-electron chi connectivity index (χ3n) is 3.49. The molecule has 4 nitrogen and oxygen atoms in total. The SMILES string of the molecule is CN(C)CCCNC(=O)c1cc(Cl)ccc1OCc1ccccc1. The molecule has 128 valence electrons. The fourth-order valence-corrected chi connectivity index (χ4v) is 2.41. The molecular weight excluding hydrogens is 324 g/mol. The van der Waals surface area contributed by atoms with Gasteiger partial charge in [-0.05, 0) is 50.8 Å². The van der Waals surface area contributed by atoms with Gasteiger partial charge in [-0.25, -0.2) is 0 Å². The number of nitrogens with one attached hydrogen (secondary N) is 1. The van der Waals surface area contributed by atoms with Gasteiger partial charge in [0.25, 0.3) is 5.91 Å². The molecule has 5 heteroatoms. The van der Waals surface area contributed by atoms with Crippen LogP contribution in [0.2, 0.25) is 5.02 Å². The number of hydrogen-bond donors (Lipinski definition) is 1. The minimum absolute atomic E-state index is 0.167. The first-order valence-electron chi connectivity index (χ1n) is 7.95. The second kappa shape index (κ2) is 9.30. The van der Waals surface area contributed by atoms with E-state index in [1.807, 2.05) is 44.4 Å². The Balaban J connectivity index is 2.00. The molecule has 0 fully saturated rings. The van der Waals surface area contributed by atoms with E-state index in [1.54, 1.807) is 18.2 Å². The number of carbonyl (C=O) groups excluding carboxylic acids is 1. The number of rotatable bonds is 8. The second-order valence-electron chi connectivity index (χ2n) is 5.83. The normalized spacial score (nSPS) is 10.7. The topological polar surface area (TPSA) is 41.6 Å². The van der Waals surface area contributed by atoms with Crippen molar-refractivity contribution in [2.75, 3.05) is 27.2 Å². The monoisotopic (exact) mass is 346 g/mol. The van der Waals surface area contributed by atoms with E-state index in [9.17, 15) is 4.79 Å². The standard InChI is InChI=1S/C19H23ClN2O2/c1-22(2)12-6-11-21-19(23)17-13-16(20)9-10-18(17)24-14-15-7-4-3-5-8-15/h3-5,7-10,13H,6,11-12,14H2,1-2H3,(H,21,23). The average Bonchev–Trinajstić information content (AvgIpc) is 2.58. The lowest BCUT2D eigenvalue weighted by Crippen LogP contribution is -2.27. The summed E-state index contributed by atoms with van der Waals surface area (Å²) in [4.78, 5) is 14.5. The van der Waals surface area contributed by atoms with E-state index in [1.165, 1.54) is 0 Å². The summed E-state index contributed by atoms with van der Waals surface area (Å²) in [6.45, 7) is 1.94. The molecule has 1 N–H and O–H groups in total. The molecule has 2 rings (SSSR count). The van der Waals surface area contributed by atoms with Crippen molar-refractivity contribution in [2.45, 2.75) is 13.0 Å². The first-order chi connectivity index (χ1) is 11.6. The number of benzene rings is 2. The quantitative estimate of drug-likeness (QED) is 0.742. The molecular formula is C19H23ClN2O2. The van der Waals surface area contributed by atoms with Crippen molar-refractivity contribution in [3.63, 3.8) is 0 Å². The molecule has 0 saturated heterocycles. The van der Waals surface area contributed by atoms with Crippen LogP contribution in [-0.4, -0.2) is 38.0 Å². The Morgan fingerprint density at radius 2 is 1.92 bits per heavy atom. The summed E-state index contributed by atoms with van der Waals surface area (Å²) in [5.41, 5.74) is 1.51. The average molecular weight is 347 g/mol. The Morgan fingerprint density at radius 1 is 1.17 bits per heavy atom. The van der Waals surface area contributed by atoms with Crippen molar-refractivity contribution < 1.29 is 9.53 Å². The molecule has 0 saturated carbocycles. The Kier molecular flexibility index (Phi) is 7.09. The summed E-state index contributed by atoms with van der Waals surface area (Å²) in [7, 11) is 4.02. The van der Waals surface area contributed by atoms with Gasteiger partial charge in [-0.1, -0.05) is 41.9 Å². The van der Waals surface area contributed by atoms with Gasteiger partial charge >= 0.3 is 0 Å². The van der Waals surface area contributed by atoms with E-state index in [0.29, 0.717) is 29.5 Å². The maximum Gasteiger partial charge on any atom is 0.255 e. The molecule has 0 aromatic heterocycles.